The van der Waals surface area contributed by atoms with Crippen LogP contribution in [0.15, 0.2) is 12.3 Å². The molecule has 7 nitrogen and oxygen atoms in total. The lowest BCUT2D eigenvalue weighted by molar-refractivity contribution is -0.159. The van der Waals surface area contributed by atoms with Crippen LogP contribution in [0.3, 0.4) is 0 Å². The highest BCUT2D eigenvalue weighted by atomic mass is 16.5. The van der Waals surface area contributed by atoms with Crippen LogP contribution in [0.25, 0.3) is 0 Å². The normalized spacial score (nSPS) is 24.0. The third kappa shape index (κ3) is 2.50. The van der Waals surface area contributed by atoms with E-state index >= 15 is 0 Å². The Labute approximate surface area is 135 Å². The summed E-state index contributed by atoms with van der Waals surface area (Å²) in [6.07, 6.45) is 3.22. The van der Waals surface area contributed by atoms with E-state index in [1.165, 1.54) is 7.11 Å². The summed E-state index contributed by atoms with van der Waals surface area (Å²) in [5, 5.41) is 0. The van der Waals surface area contributed by atoms with Gasteiger partial charge in [-0.2, -0.15) is 0 Å². The van der Waals surface area contributed by atoms with Crippen molar-refractivity contribution < 1.29 is 19.1 Å². The lowest BCUT2D eigenvalue weighted by atomic mass is 10.1. The molecule has 1 aromatic rings. The second-order valence-corrected chi connectivity index (χ2v) is 5.82. The molecule has 0 spiro atoms. The standard InChI is InChI=1S/C16H21N3O4/c1-10-15(20)18-8-4-5-12(18)16(21)19(10)9-11-14(23-3)13(22-2)6-7-17-11/h6-7,10,12H,4-5,8-9H2,1-3H3/t10-,12-/m0/s1. The van der Waals surface area contributed by atoms with Crippen molar-refractivity contribution >= 4 is 11.8 Å². The van der Waals surface area contributed by atoms with Crippen molar-refractivity contribution in [3.05, 3.63) is 18.0 Å². The predicted molar refractivity (Wildman–Crippen MR) is 82.1 cm³/mol. The summed E-state index contributed by atoms with van der Waals surface area (Å²) in [7, 11) is 3.09. The first-order valence-corrected chi connectivity index (χ1v) is 7.75. The molecule has 3 rings (SSSR count). The summed E-state index contributed by atoms with van der Waals surface area (Å²) in [5.41, 5.74) is 0.589. The first-order valence-electron chi connectivity index (χ1n) is 7.75. The van der Waals surface area contributed by atoms with Gasteiger partial charge in [0, 0.05) is 18.8 Å². The van der Waals surface area contributed by atoms with Crippen molar-refractivity contribution in [2.75, 3.05) is 20.8 Å². The largest absolute Gasteiger partial charge is 0.493 e. The maximum Gasteiger partial charge on any atom is 0.246 e. The van der Waals surface area contributed by atoms with Crippen LogP contribution in [-0.2, 0) is 16.1 Å². The van der Waals surface area contributed by atoms with E-state index in [4.69, 9.17) is 9.47 Å². The third-order valence-electron chi connectivity index (χ3n) is 4.62. The van der Waals surface area contributed by atoms with Gasteiger partial charge in [-0.15, -0.1) is 0 Å². The molecular formula is C16H21N3O4. The van der Waals surface area contributed by atoms with Crippen molar-refractivity contribution in [1.82, 2.24) is 14.8 Å². The van der Waals surface area contributed by atoms with Gasteiger partial charge >= 0.3 is 0 Å². The summed E-state index contributed by atoms with van der Waals surface area (Å²) in [6.45, 7) is 2.67. The van der Waals surface area contributed by atoms with E-state index in [1.54, 1.807) is 36.1 Å². The summed E-state index contributed by atoms with van der Waals surface area (Å²) < 4.78 is 10.6. The Balaban J connectivity index is 1.90. The molecule has 124 valence electrons. The zero-order chi connectivity index (χ0) is 16.6. The van der Waals surface area contributed by atoms with Crippen LogP contribution >= 0.6 is 0 Å². The molecule has 0 aromatic carbocycles. The van der Waals surface area contributed by atoms with Crippen molar-refractivity contribution in [2.24, 2.45) is 0 Å². The molecule has 0 radical (unpaired) electrons. The fourth-order valence-corrected chi connectivity index (χ4v) is 3.38. The van der Waals surface area contributed by atoms with Gasteiger partial charge in [-0.25, -0.2) is 0 Å². The molecule has 0 bridgehead atoms. The average Bonchev–Trinajstić information content (AvgIpc) is 3.06. The van der Waals surface area contributed by atoms with Gasteiger partial charge in [0.2, 0.25) is 11.8 Å². The number of methoxy groups -OCH3 is 2. The minimum atomic E-state index is -0.491. The minimum absolute atomic E-state index is 0.00830. The molecule has 2 amide bonds. The van der Waals surface area contributed by atoms with E-state index in [-0.39, 0.29) is 24.4 Å². The lowest BCUT2D eigenvalue weighted by Crippen LogP contribution is -2.61. The van der Waals surface area contributed by atoms with Gasteiger partial charge < -0.3 is 19.3 Å². The van der Waals surface area contributed by atoms with Crippen molar-refractivity contribution in [3.63, 3.8) is 0 Å². The van der Waals surface area contributed by atoms with Gasteiger partial charge in [0.1, 0.15) is 17.8 Å². The molecule has 23 heavy (non-hydrogen) atoms. The Hall–Kier alpha value is -2.31. The van der Waals surface area contributed by atoms with Crippen LogP contribution in [0.1, 0.15) is 25.5 Å². The Morgan fingerprint density at radius 3 is 2.74 bits per heavy atom. The monoisotopic (exact) mass is 319 g/mol. The molecule has 0 unspecified atom stereocenters. The zero-order valence-corrected chi connectivity index (χ0v) is 13.6. The molecule has 1 aromatic heterocycles. The van der Waals surface area contributed by atoms with Crippen LogP contribution in [0.5, 0.6) is 11.5 Å². The molecule has 2 aliphatic rings. The average molecular weight is 319 g/mol. The number of piperazine rings is 1. The number of fused-ring (bicyclic) bond motifs is 1. The number of aromatic nitrogens is 1. The van der Waals surface area contributed by atoms with Gasteiger partial charge in [0.25, 0.3) is 0 Å². The number of hydrogen-bond acceptors (Lipinski definition) is 5. The van der Waals surface area contributed by atoms with Gasteiger partial charge in [-0.3, -0.25) is 14.6 Å². The predicted octanol–water partition coefficient (Wildman–Crippen LogP) is 0.820. The number of nitrogens with zero attached hydrogens (tertiary/aromatic N) is 3. The highest BCUT2D eigenvalue weighted by Crippen LogP contribution is 2.32. The molecule has 7 heteroatoms. The van der Waals surface area contributed by atoms with Crippen LogP contribution in [0, 0.1) is 0 Å². The van der Waals surface area contributed by atoms with Gasteiger partial charge in [-0.05, 0) is 19.8 Å². The Morgan fingerprint density at radius 2 is 2.04 bits per heavy atom. The number of hydrogen-bond donors (Lipinski definition) is 0. The SMILES string of the molecule is COc1ccnc(CN2C(=O)[C@@H]3CCCN3C(=O)[C@@H]2C)c1OC. The summed E-state index contributed by atoms with van der Waals surface area (Å²) >= 11 is 0. The second-order valence-electron chi connectivity index (χ2n) is 5.82. The number of carbonyl (C=O) groups excluding carboxylic acids is 2. The van der Waals surface area contributed by atoms with Gasteiger partial charge in [0.05, 0.1) is 20.8 Å². The van der Waals surface area contributed by atoms with E-state index < -0.39 is 6.04 Å². The van der Waals surface area contributed by atoms with Crippen LogP contribution in [0.4, 0.5) is 0 Å². The highest BCUT2D eigenvalue weighted by Gasteiger charge is 2.46. The van der Waals surface area contributed by atoms with E-state index in [0.717, 1.165) is 12.8 Å². The van der Waals surface area contributed by atoms with Gasteiger partial charge in [0.15, 0.2) is 11.5 Å². The summed E-state index contributed by atoms with van der Waals surface area (Å²) in [5.74, 6) is 1.05. The van der Waals surface area contributed by atoms with Crippen molar-refractivity contribution in [2.45, 2.75) is 38.4 Å². The molecule has 0 N–H and O–H groups in total. The Kier molecular flexibility index (Phi) is 4.11. The minimum Gasteiger partial charge on any atom is -0.493 e. The quantitative estimate of drug-likeness (QED) is 0.821. The highest BCUT2D eigenvalue weighted by molar-refractivity contribution is 5.97. The molecule has 2 saturated heterocycles. The molecule has 2 aliphatic heterocycles. The number of amides is 2. The van der Waals surface area contributed by atoms with E-state index in [0.29, 0.717) is 23.7 Å². The molecule has 0 saturated carbocycles. The molecule has 2 fully saturated rings. The van der Waals surface area contributed by atoms with Crippen LogP contribution < -0.4 is 9.47 Å². The fraction of sp³-hybridized carbons (Fsp3) is 0.562. The maximum absolute atomic E-state index is 12.8. The number of rotatable bonds is 4. The van der Waals surface area contributed by atoms with Crippen LogP contribution in [-0.4, -0.2) is 59.4 Å². The van der Waals surface area contributed by atoms with Crippen molar-refractivity contribution in [3.8, 4) is 11.5 Å². The first kappa shape index (κ1) is 15.6. The summed E-state index contributed by atoms with van der Waals surface area (Å²) in [4.78, 5) is 32.9. The topological polar surface area (TPSA) is 72.0 Å². The Bertz CT molecular complexity index is 634. The molecule has 2 atom stereocenters. The Morgan fingerprint density at radius 1 is 1.26 bits per heavy atom. The molecule has 3 heterocycles. The number of ether oxygens (including phenoxy) is 2. The van der Waals surface area contributed by atoms with E-state index in [9.17, 15) is 9.59 Å². The smallest absolute Gasteiger partial charge is 0.246 e. The van der Waals surface area contributed by atoms with Crippen LogP contribution in [0.2, 0.25) is 0 Å². The van der Waals surface area contributed by atoms with Gasteiger partial charge in [-0.1, -0.05) is 0 Å². The molecular weight excluding hydrogens is 298 g/mol. The van der Waals surface area contributed by atoms with Crippen molar-refractivity contribution in [1.29, 1.82) is 0 Å². The van der Waals surface area contributed by atoms with E-state index in [2.05, 4.69) is 4.98 Å². The number of carbonyl (C=O) groups is 2. The number of pyridine rings is 1. The lowest BCUT2D eigenvalue weighted by Gasteiger charge is -2.40. The fourth-order valence-electron chi connectivity index (χ4n) is 3.38. The maximum atomic E-state index is 12.8. The van der Waals surface area contributed by atoms with E-state index in [1.807, 2.05) is 0 Å². The molecule has 0 aliphatic carbocycles. The summed E-state index contributed by atoms with van der Waals surface area (Å²) in [6, 6.07) is 0.887. The second kappa shape index (κ2) is 6.06. The zero-order valence-electron chi connectivity index (χ0n) is 13.6. The first-order chi connectivity index (χ1) is 11.1. The third-order valence-corrected chi connectivity index (χ3v) is 4.62.